The van der Waals surface area contributed by atoms with Gasteiger partial charge in [-0.2, -0.15) is 0 Å². The second-order valence-electron chi connectivity index (χ2n) is 6.28. The molecule has 0 aromatic heterocycles. The predicted octanol–water partition coefficient (Wildman–Crippen LogP) is 3.55. The molecule has 0 radical (unpaired) electrons. The van der Waals surface area contributed by atoms with Gasteiger partial charge < -0.3 is 10.2 Å². The van der Waals surface area contributed by atoms with Gasteiger partial charge in [-0.25, -0.2) is 0 Å². The van der Waals surface area contributed by atoms with Crippen molar-refractivity contribution in [2.75, 3.05) is 11.9 Å². The summed E-state index contributed by atoms with van der Waals surface area (Å²) in [4.78, 5) is 27.2. The molecule has 0 bridgehead atoms. The number of benzene rings is 2. The first-order valence-corrected chi connectivity index (χ1v) is 8.31. The molecule has 2 aromatic rings. The summed E-state index contributed by atoms with van der Waals surface area (Å²) < 4.78 is 0. The smallest absolute Gasteiger partial charge is 0.254 e. The van der Waals surface area contributed by atoms with Crippen molar-refractivity contribution in [1.29, 1.82) is 0 Å². The Balaban J connectivity index is 1.78. The third-order valence-corrected chi connectivity index (χ3v) is 4.59. The predicted molar refractivity (Wildman–Crippen MR) is 95.0 cm³/mol. The van der Waals surface area contributed by atoms with E-state index < -0.39 is 6.04 Å². The molecule has 24 heavy (non-hydrogen) atoms. The first-order valence-electron chi connectivity index (χ1n) is 8.31. The second-order valence-corrected chi connectivity index (χ2v) is 6.28. The summed E-state index contributed by atoms with van der Waals surface area (Å²) in [5.41, 5.74) is 3.43. The Hall–Kier alpha value is -2.62. The van der Waals surface area contributed by atoms with Crippen molar-refractivity contribution in [2.24, 2.45) is 0 Å². The van der Waals surface area contributed by atoms with Crippen LogP contribution < -0.4 is 5.32 Å². The number of hydrogen-bond acceptors (Lipinski definition) is 2. The Labute approximate surface area is 142 Å². The van der Waals surface area contributed by atoms with Gasteiger partial charge in [0.25, 0.3) is 5.91 Å². The van der Waals surface area contributed by atoms with Crippen molar-refractivity contribution in [2.45, 2.75) is 32.7 Å². The van der Waals surface area contributed by atoms with Crippen LogP contribution in [0.2, 0.25) is 0 Å². The minimum atomic E-state index is -0.406. The molecule has 0 aliphatic carbocycles. The average molecular weight is 322 g/mol. The molecule has 0 spiro atoms. The average Bonchev–Trinajstić information content (AvgIpc) is 3.06. The molecule has 124 valence electrons. The first-order chi connectivity index (χ1) is 11.6. The van der Waals surface area contributed by atoms with E-state index in [-0.39, 0.29) is 11.8 Å². The number of carbonyl (C=O) groups excluding carboxylic acids is 2. The van der Waals surface area contributed by atoms with Crippen molar-refractivity contribution in [3.8, 4) is 0 Å². The number of rotatable bonds is 3. The molecule has 3 rings (SSSR count). The topological polar surface area (TPSA) is 49.4 Å². The fourth-order valence-corrected chi connectivity index (χ4v) is 3.18. The Morgan fingerprint density at radius 3 is 2.38 bits per heavy atom. The summed E-state index contributed by atoms with van der Waals surface area (Å²) in [5.74, 6) is -0.167. The van der Waals surface area contributed by atoms with Gasteiger partial charge in [0.1, 0.15) is 6.04 Å². The van der Waals surface area contributed by atoms with Crippen LogP contribution in [0.4, 0.5) is 5.69 Å². The standard InChI is InChI=1S/C20H22N2O2/c1-14-8-3-5-10-16(14)20(24)22-13-7-12-18(22)19(23)21-17-11-6-4-9-15(17)2/h3-6,8-11,18H,7,12-13H2,1-2H3,(H,21,23)/t18-/m1/s1. The molecule has 0 unspecified atom stereocenters. The highest BCUT2D eigenvalue weighted by atomic mass is 16.2. The minimum absolute atomic E-state index is 0.0597. The van der Waals surface area contributed by atoms with Gasteiger partial charge in [-0.05, 0) is 49.9 Å². The molecular weight excluding hydrogens is 300 g/mol. The SMILES string of the molecule is Cc1ccccc1NC(=O)[C@H]1CCCN1C(=O)c1ccccc1C. The molecular formula is C20H22N2O2. The van der Waals surface area contributed by atoms with Crippen LogP contribution in [0.3, 0.4) is 0 Å². The summed E-state index contributed by atoms with van der Waals surface area (Å²) in [6, 6.07) is 14.8. The number of aryl methyl sites for hydroxylation is 2. The van der Waals surface area contributed by atoms with E-state index in [2.05, 4.69) is 5.32 Å². The zero-order valence-corrected chi connectivity index (χ0v) is 14.1. The summed E-state index contributed by atoms with van der Waals surface area (Å²) >= 11 is 0. The van der Waals surface area contributed by atoms with Gasteiger partial charge >= 0.3 is 0 Å². The fraction of sp³-hybridized carbons (Fsp3) is 0.300. The Bertz CT molecular complexity index is 770. The third kappa shape index (κ3) is 3.18. The Kier molecular flexibility index (Phi) is 4.65. The molecule has 1 aliphatic rings. The maximum atomic E-state index is 12.8. The normalized spacial score (nSPS) is 16.9. The zero-order chi connectivity index (χ0) is 17.1. The monoisotopic (exact) mass is 322 g/mol. The van der Waals surface area contributed by atoms with Gasteiger partial charge in [0.15, 0.2) is 0 Å². The number of para-hydroxylation sites is 1. The number of likely N-dealkylation sites (tertiary alicyclic amines) is 1. The number of anilines is 1. The lowest BCUT2D eigenvalue weighted by molar-refractivity contribution is -0.119. The molecule has 1 saturated heterocycles. The number of amides is 2. The molecule has 4 nitrogen and oxygen atoms in total. The summed E-state index contributed by atoms with van der Waals surface area (Å²) in [5, 5.41) is 2.97. The molecule has 2 amide bonds. The van der Waals surface area contributed by atoms with E-state index in [1.807, 2.05) is 62.4 Å². The fourth-order valence-electron chi connectivity index (χ4n) is 3.18. The zero-order valence-electron chi connectivity index (χ0n) is 14.1. The molecule has 1 heterocycles. The highest BCUT2D eigenvalue weighted by Gasteiger charge is 2.35. The van der Waals surface area contributed by atoms with E-state index in [0.29, 0.717) is 18.5 Å². The number of nitrogens with one attached hydrogen (secondary N) is 1. The van der Waals surface area contributed by atoms with E-state index in [1.165, 1.54) is 0 Å². The van der Waals surface area contributed by atoms with Crippen molar-refractivity contribution in [3.05, 3.63) is 65.2 Å². The number of nitrogens with zero attached hydrogens (tertiary/aromatic N) is 1. The first kappa shape index (κ1) is 16.2. The quantitative estimate of drug-likeness (QED) is 0.939. The van der Waals surface area contributed by atoms with Crippen LogP contribution in [-0.2, 0) is 4.79 Å². The lowest BCUT2D eigenvalue weighted by atomic mass is 10.1. The largest absolute Gasteiger partial charge is 0.327 e. The van der Waals surface area contributed by atoms with Crippen LogP contribution in [0.5, 0.6) is 0 Å². The summed E-state index contributed by atoms with van der Waals surface area (Å²) in [7, 11) is 0. The van der Waals surface area contributed by atoms with E-state index in [4.69, 9.17) is 0 Å². The van der Waals surface area contributed by atoms with Gasteiger partial charge in [0.05, 0.1) is 0 Å². The Morgan fingerprint density at radius 2 is 1.67 bits per heavy atom. The van der Waals surface area contributed by atoms with Gasteiger partial charge in [-0.15, -0.1) is 0 Å². The van der Waals surface area contributed by atoms with Gasteiger partial charge in [0.2, 0.25) is 5.91 Å². The maximum absolute atomic E-state index is 12.8. The minimum Gasteiger partial charge on any atom is -0.327 e. The molecule has 0 saturated carbocycles. The molecule has 2 aromatic carbocycles. The Morgan fingerprint density at radius 1 is 1.00 bits per heavy atom. The van der Waals surface area contributed by atoms with E-state index in [1.54, 1.807) is 4.90 Å². The van der Waals surface area contributed by atoms with E-state index in [0.717, 1.165) is 23.2 Å². The lowest BCUT2D eigenvalue weighted by Gasteiger charge is -2.25. The maximum Gasteiger partial charge on any atom is 0.254 e. The lowest BCUT2D eigenvalue weighted by Crippen LogP contribution is -2.43. The van der Waals surface area contributed by atoms with E-state index >= 15 is 0 Å². The van der Waals surface area contributed by atoms with Crippen LogP contribution in [-0.4, -0.2) is 29.3 Å². The van der Waals surface area contributed by atoms with Crippen LogP contribution in [0.25, 0.3) is 0 Å². The molecule has 4 heteroatoms. The molecule has 1 atom stereocenters. The third-order valence-electron chi connectivity index (χ3n) is 4.59. The van der Waals surface area contributed by atoms with Gasteiger partial charge in [0, 0.05) is 17.8 Å². The molecule has 1 N–H and O–H groups in total. The van der Waals surface area contributed by atoms with Gasteiger partial charge in [-0.1, -0.05) is 36.4 Å². The number of hydrogen-bond donors (Lipinski definition) is 1. The summed E-state index contributed by atoms with van der Waals surface area (Å²) in [6.45, 7) is 4.51. The van der Waals surface area contributed by atoms with Crippen molar-refractivity contribution in [3.63, 3.8) is 0 Å². The van der Waals surface area contributed by atoms with Crippen molar-refractivity contribution < 1.29 is 9.59 Å². The molecule has 1 fully saturated rings. The summed E-state index contributed by atoms with van der Waals surface area (Å²) in [6.07, 6.45) is 1.55. The molecule has 1 aliphatic heterocycles. The van der Waals surface area contributed by atoms with Crippen LogP contribution in [0, 0.1) is 13.8 Å². The van der Waals surface area contributed by atoms with Crippen molar-refractivity contribution in [1.82, 2.24) is 4.90 Å². The number of carbonyl (C=O) groups is 2. The van der Waals surface area contributed by atoms with E-state index in [9.17, 15) is 9.59 Å². The van der Waals surface area contributed by atoms with Crippen molar-refractivity contribution >= 4 is 17.5 Å². The van der Waals surface area contributed by atoms with Crippen LogP contribution >= 0.6 is 0 Å². The highest BCUT2D eigenvalue weighted by Crippen LogP contribution is 2.23. The van der Waals surface area contributed by atoms with Crippen LogP contribution in [0.15, 0.2) is 48.5 Å². The van der Waals surface area contributed by atoms with Crippen LogP contribution in [0.1, 0.15) is 34.3 Å². The van der Waals surface area contributed by atoms with Gasteiger partial charge in [-0.3, -0.25) is 9.59 Å². The second kappa shape index (κ2) is 6.87. The highest BCUT2D eigenvalue weighted by molar-refractivity contribution is 6.02.